The standard InChI is InChI=1S/C24H18BrClN2O4/c1-14-2-8-18(26)12-19(14)27-24(30)20(28-23(29)16-4-6-17(25)7-5-16)10-15-3-9-21-22(11-15)32-13-31-21/h2-12H,13H2,1H3,(H,27,30)(H,28,29)/b20-10-. The van der Waals surface area contributed by atoms with E-state index in [1.165, 1.54) is 0 Å². The second-order valence-electron chi connectivity index (χ2n) is 7.05. The maximum atomic E-state index is 13.1. The first kappa shape index (κ1) is 21.9. The monoisotopic (exact) mass is 512 g/mol. The van der Waals surface area contributed by atoms with E-state index in [9.17, 15) is 9.59 Å². The van der Waals surface area contributed by atoms with E-state index < -0.39 is 11.8 Å². The van der Waals surface area contributed by atoms with Crippen molar-refractivity contribution < 1.29 is 19.1 Å². The van der Waals surface area contributed by atoms with Crippen molar-refractivity contribution in [3.8, 4) is 11.5 Å². The van der Waals surface area contributed by atoms with Gasteiger partial charge in [-0.25, -0.2) is 0 Å². The van der Waals surface area contributed by atoms with E-state index in [0.29, 0.717) is 33.3 Å². The predicted molar refractivity (Wildman–Crippen MR) is 127 cm³/mol. The Morgan fingerprint density at radius 3 is 2.53 bits per heavy atom. The molecule has 0 saturated heterocycles. The van der Waals surface area contributed by atoms with E-state index in [2.05, 4.69) is 26.6 Å². The Bertz CT molecular complexity index is 1230. The SMILES string of the molecule is Cc1ccc(Cl)cc1NC(=O)/C(=C/c1ccc2c(c1)OCO2)NC(=O)c1ccc(Br)cc1. The lowest BCUT2D eigenvalue weighted by atomic mass is 10.1. The second kappa shape index (κ2) is 9.46. The molecule has 3 aromatic carbocycles. The lowest BCUT2D eigenvalue weighted by Crippen LogP contribution is -2.30. The number of hydrogen-bond donors (Lipinski definition) is 2. The molecule has 8 heteroatoms. The van der Waals surface area contributed by atoms with Crippen LogP contribution in [0.5, 0.6) is 11.5 Å². The van der Waals surface area contributed by atoms with Crippen LogP contribution in [0.25, 0.3) is 6.08 Å². The molecule has 0 fully saturated rings. The fraction of sp³-hybridized carbons (Fsp3) is 0.0833. The van der Waals surface area contributed by atoms with Crippen molar-refractivity contribution in [3.05, 3.63) is 92.5 Å². The highest BCUT2D eigenvalue weighted by Crippen LogP contribution is 2.33. The third kappa shape index (κ3) is 5.12. The number of carbonyl (C=O) groups is 2. The largest absolute Gasteiger partial charge is 0.454 e. The number of aryl methyl sites for hydroxylation is 1. The van der Waals surface area contributed by atoms with Gasteiger partial charge in [-0.15, -0.1) is 0 Å². The maximum Gasteiger partial charge on any atom is 0.272 e. The number of fused-ring (bicyclic) bond motifs is 1. The average molecular weight is 514 g/mol. The molecule has 32 heavy (non-hydrogen) atoms. The number of anilines is 1. The molecule has 0 aliphatic carbocycles. The van der Waals surface area contributed by atoms with Gasteiger partial charge in [-0.2, -0.15) is 0 Å². The molecule has 1 aliphatic heterocycles. The number of carbonyl (C=O) groups excluding carboxylic acids is 2. The van der Waals surface area contributed by atoms with Crippen LogP contribution in [-0.2, 0) is 4.79 Å². The van der Waals surface area contributed by atoms with E-state index in [0.717, 1.165) is 10.0 Å². The smallest absolute Gasteiger partial charge is 0.272 e. The van der Waals surface area contributed by atoms with E-state index in [1.807, 2.05) is 6.92 Å². The molecule has 0 radical (unpaired) electrons. The summed E-state index contributed by atoms with van der Waals surface area (Å²) < 4.78 is 11.6. The minimum atomic E-state index is -0.488. The highest BCUT2D eigenvalue weighted by atomic mass is 79.9. The van der Waals surface area contributed by atoms with Gasteiger partial charge in [-0.3, -0.25) is 9.59 Å². The van der Waals surface area contributed by atoms with Crippen molar-refractivity contribution in [2.45, 2.75) is 6.92 Å². The third-order valence-electron chi connectivity index (χ3n) is 4.75. The summed E-state index contributed by atoms with van der Waals surface area (Å²) >= 11 is 9.42. The first-order valence-electron chi connectivity index (χ1n) is 9.65. The molecule has 2 N–H and O–H groups in total. The Kier molecular flexibility index (Phi) is 6.48. The van der Waals surface area contributed by atoms with Crippen molar-refractivity contribution in [1.82, 2.24) is 5.32 Å². The highest BCUT2D eigenvalue weighted by molar-refractivity contribution is 9.10. The van der Waals surface area contributed by atoms with Crippen molar-refractivity contribution in [3.63, 3.8) is 0 Å². The van der Waals surface area contributed by atoms with Gasteiger partial charge in [0, 0.05) is 20.7 Å². The minimum absolute atomic E-state index is 0.0659. The number of benzene rings is 3. The normalized spacial score (nSPS) is 12.4. The molecule has 0 spiro atoms. The van der Waals surface area contributed by atoms with Gasteiger partial charge in [-0.05, 0) is 72.7 Å². The Labute approximate surface area is 198 Å². The van der Waals surface area contributed by atoms with Crippen molar-refractivity contribution in [1.29, 1.82) is 0 Å². The molecule has 4 rings (SSSR count). The fourth-order valence-electron chi connectivity index (χ4n) is 3.04. The van der Waals surface area contributed by atoms with Crippen LogP contribution in [0.1, 0.15) is 21.5 Å². The highest BCUT2D eigenvalue weighted by Gasteiger charge is 2.18. The number of rotatable bonds is 5. The van der Waals surface area contributed by atoms with Gasteiger partial charge in [0.15, 0.2) is 11.5 Å². The van der Waals surface area contributed by atoms with Gasteiger partial charge in [0.2, 0.25) is 6.79 Å². The molecule has 1 aliphatic rings. The Balaban J connectivity index is 1.65. The van der Waals surface area contributed by atoms with Gasteiger partial charge in [0.1, 0.15) is 5.70 Å². The summed E-state index contributed by atoms with van der Waals surface area (Å²) in [6.45, 7) is 2.00. The zero-order valence-electron chi connectivity index (χ0n) is 16.9. The summed E-state index contributed by atoms with van der Waals surface area (Å²) in [5.41, 5.74) is 2.53. The zero-order chi connectivity index (χ0) is 22.7. The number of nitrogens with one attached hydrogen (secondary N) is 2. The van der Waals surface area contributed by atoms with E-state index in [-0.39, 0.29) is 12.5 Å². The zero-order valence-corrected chi connectivity index (χ0v) is 19.3. The summed E-state index contributed by atoms with van der Waals surface area (Å²) in [5, 5.41) is 6.02. The maximum absolute atomic E-state index is 13.1. The summed E-state index contributed by atoms with van der Waals surface area (Å²) in [6.07, 6.45) is 1.58. The van der Waals surface area contributed by atoms with E-state index in [4.69, 9.17) is 21.1 Å². The van der Waals surface area contributed by atoms with Gasteiger partial charge < -0.3 is 20.1 Å². The molecular weight excluding hydrogens is 496 g/mol. The summed E-state index contributed by atoms with van der Waals surface area (Å²) in [5.74, 6) is 0.297. The van der Waals surface area contributed by atoms with Crippen molar-refractivity contribution >= 4 is 51.1 Å². The number of ether oxygens (including phenoxy) is 2. The van der Waals surface area contributed by atoms with Crippen LogP contribution in [-0.4, -0.2) is 18.6 Å². The van der Waals surface area contributed by atoms with Crippen molar-refractivity contribution in [2.24, 2.45) is 0 Å². The summed E-state index contributed by atoms with van der Waals surface area (Å²) in [7, 11) is 0. The average Bonchev–Trinajstić information content (AvgIpc) is 3.24. The van der Waals surface area contributed by atoms with Crippen LogP contribution in [0, 0.1) is 6.92 Å². The molecule has 0 saturated carbocycles. The molecule has 0 aromatic heterocycles. The minimum Gasteiger partial charge on any atom is -0.454 e. The molecule has 6 nitrogen and oxygen atoms in total. The third-order valence-corrected chi connectivity index (χ3v) is 5.52. The Hall–Kier alpha value is -3.29. The van der Waals surface area contributed by atoms with Crippen LogP contribution in [0.4, 0.5) is 5.69 Å². The molecule has 0 bridgehead atoms. The lowest BCUT2D eigenvalue weighted by Gasteiger charge is -2.13. The topological polar surface area (TPSA) is 76.7 Å². The van der Waals surface area contributed by atoms with Gasteiger partial charge >= 0.3 is 0 Å². The molecule has 3 aromatic rings. The van der Waals surface area contributed by atoms with Crippen LogP contribution in [0.15, 0.2) is 70.8 Å². The summed E-state index contributed by atoms with van der Waals surface area (Å²) in [4.78, 5) is 25.9. The van der Waals surface area contributed by atoms with Gasteiger partial charge in [0.05, 0.1) is 0 Å². The number of amides is 2. The Morgan fingerprint density at radius 1 is 1.00 bits per heavy atom. The second-order valence-corrected chi connectivity index (χ2v) is 8.40. The molecular formula is C24H18BrClN2O4. The quantitative estimate of drug-likeness (QED) is 0.439. The lowest BCUT2D eigenvalue weighted by molar-refractivity contribution is -0.113. The van der Waals surface area contributed by atoms with Crippen LogP contribution < -0.4 is 20.1 Å². The van der Waals surface area contributed by atoms with E-state index in [1.54, 1.807) is 66.7 Å². The Morgan fingerprint density at radius 2 is 1.75 bits per heavy atom. The van der Waals surface area contributed by atoms with Gasteiger partial charge in [0.25, 0.3) is 11.8 Å². The van der Waals surface area contributed by atoms with E-state index >= 15 is 0 Å². The number of hydrogen-bond acceptors (Lipinski definition) is 4. The summed E-state index contributed by atoms with van der Waals surface area (Å²) in [6, 6.07) is 17.3. The fourth-order valence-corrected chi connectivity index (χ4v) is 3.48. The molecule has 1 heterocycles. The molecule has 0 unspecified atom stereocenters. The van der Waals surface area contributed by atoms with Crippen LogP contribution in [0.3, 0.4) is 0 Å². The van der Waals surface area contributed by atoms with Crippen LogP contribution >= 0.6 is 27.5 Å². The van der Waals surface area contributed by atoms with Crippen LogP contribution in [0.2, 0.25) is 5.02 Å². The van der Waals surface area contributed by atoms with Gasteiger partial charge in [-0.1, -0.05) is 39.7 Å². The number of halogens is 2. The first-order valence-corrected chi connectivity index (χ1v) is 10.8. The predicted octanol–water partition coefficient (Wildman–Crippen LogP) is 5.55. The van der Waals surface area contributed by atoms with Crippen molar-refractivity contribution in [2.75, 3.05) is 12.1 Å². The first-order chi connectivity index (χ1) is 15.4. The molecule has 0 atom stereocenters. The molecule has 2 amide bonds. The molecule has 162 valence electrons.